The molecule has 0 aromatic heterocycles. The summed E-state index contributed by atoms with van der Waals surface area (Å²) in [6.45, 7) is 3.61. The maximum Gasteiger partial charge on any atom is 0.147 e. The molecule has 1 nitrogen and oxygen atoms in total. The summed E-state index contributed by atoms with van der Waals surface area (Å²) in [6.07, 6.45) is 6.05. The molecule has 0 N–H and O–H groups in total. The zero-order valence-electron chi connectivity index (χ0n) is 5.25. The van der Waals surface area contributed by atoms with Crippen LogP contribution in [0.3, 0.4) is 0 Å². The van der Waals surface area contributed by atoms with Crippen molar-refractivity contribution < 1.29 is 4.74 Å². The molecule has 1 rings (SSSR count). The molecule has 1 aliphatic rings. The number of ether oxygens (including phenoxy) is 1. The van der Waals surface area contributed by atoms with E-state index in [2.05, 4.69) is 6.58 Å². The van der Waals surface area contributed by atoms with E-state index in [0.29, 0.717) is 5.44 Å². The van der Waals surface area contributed by atoms with Crippen molar-refractivity contribution in [3.8, 4) is 0 Å². The van der Waals surface area contributed by atoms with Gasteiger partial charge in [-0.2, -0.15) is 0 Å². The van der Waals surface area contributed by atoms with Crippen molar-refractivity contribution in [3.63, 3.8) is 0 Å². The maximum atomic E-state index is 5.23. The molecule has 0 bridgehead atoms. The van der Waals surface area contributed by atoms with Crippen LogP contribution in [0.2, 0.25) is 0 Å². The van der Waals surface area contributed by atoms with E-state index < -0.39 is 0 Å². The summed E-state index contributed by atoms with van der Waals surface area (Å²) in [6, 6.07) is 0. The van der Waals surface area contributed by atoms with E-state index in [0.717, 1.165) is 12.8 Å². The van der Waals surface area contributed by atoms with Crippen LogP contribution in [0.15, 0.2) is 24.3 Å². The van der Waals surface area contributed by atoms with Crippen molar-refractivity contribution in [1.29, 1.82) is 0 Å². The Kier molecular flexibility index (Phi) is 2.71. The van der Waals surface area contributed by atoms with E-state index in [9.17, 15) is 0 Å². The van der Waals surface area contributed by atoms with E-state index in [-0.39, 0.29) is 0 Å². The summed E-state index contributed by atoms with van der Waals surface area (Å²) >= 11 is 1.64. The molecule has 2 heteroatoms. The van der Waals surface area contributed by atoms with Gasteiger partial charge < -0.3 is 4.74 Å². The zero-order valence-corrected chi connectivity index (χ0v) is 6.06. The predicted molar refractivity (Wildman–Crippen MR) is 41.0 cm³/mol. The Hall–Kier alpha value is -0.370. The number of hydrogen-bond acceptors (Lipinski definition) is 2. The van der Waals surface area contributed by atoms with E-state index in [1.165, 1.54) is 0 Å². The molecule has 1 aliphatic heterocycles. The fourth-order valence-corrected chi connectivity index (χ4v) is 1.33. The third-order valence-electron chi connectivity index (χ3n) is 1.14. The van der Waals surface area contributed by atoms with Gasteiger partial charge in [0.2, 0.25) is 0 Å². The summed E-state index contributed by atoms with van der Waals surface area (Å²) in [5, 5.41) is 1.82. The molecule has 1 heterocycles. The van der Waals surface area contributed by atoms with Crippen molar-refractivity contribution in [2.24, 2.45) is 0 Å². The summed E-state index contributed by atoms with van der Waals surface area (Å²) in [7, 11) is 0. The fourth-order valence-electron chi connectivity index (χ4n) is 0.719. The van der Waals surface area contributed by atoms with Crippen LogP contribution in [0.1, 0.15) is 12.8 Å². The Morgan fingerprint density at radius 1 is 1.78 bits per heavy atom. The topological polar surface area (TPSA) is 9.23 Å². The Morgan fingerprint density at radius 2 is 2.67 bits per heavy atom. The normalized spacial score (nSPS) is 25.1. The van der Waals surface area contributed by atoms with Crippen LogP contribution in [0.25, 0.3) is 0 Å². The highest BCUT2D eigenvalue weighted by Gasteiger charge is 2.07. The number of thioether (sulfide) groups is 1. The molecule has 0 amide bonds. The molecule has 0 aromatic rings. The van der Waals surface area contributed by atoms with Gasteiger partial charge in [-0.25, -0.2) is 0 Å². The molecule has 0 aromatic carbocycles. The first-order valence-corrected chi connectivity index (χ1v) is 3.94. The SMILES string of the molecule is C=CSC1CCC=CO1. The Balaban J connectivity index is 2.26. The van der Waals surface area contributed by atoms with Crippen molar-refractivity contribution in [3.05, 3.63) is 24.3 Å². The molecular weight excluding hydrogens is 132 g/mol. The summed E-state index contributed by atoms with van der Waals surface area (Å²) < 4.78 is 5.23. The Labute approximate surface area is 59.8 Å². The molecule has 0 radical (unpaired) electrons. The monoisotopic (exact) mass is 142 g/mol. The molecule has 0 fully saturated rings. The Morgan fingerprint density at radius 3 is 3.22 bits per heavy atom. The fraction of sp³-hybridized carbons (Fsp3) is 0.429. The molecule has 0 aliphatic carbocycles. The lowest BCUT2D eigenvalue weighted by Gasteiger charge is -2.16. The van der Waals surface area contributed by atoms with Gasteiger partial charge >= 0.3 is 0 Å². The highest BCUT2D eigenvalue weighted by atomic mass is 32.2. The average molecular weight is 142 g/mol. The summed E-state index contributed by atoms with van der Waals surface area (Å²) in [4.78, 5) is 0. The quantitative estimate of drug-likeness (QED) is 0.586. The lowest BCUT2D eigenvalue weighted by molar-refractivity contribution is 0.201. The molecule has 1 unspecified atom stereocenters. The summed E-state index contributed by atoms with van der Waals surface area (Å²) in [5.74, 6) is 0. The predicted octanol–water partition coefficient (Wildman–Crippen LogP) is 2.51. The number of rotatable bonds is 2. The van der Waals surface area contributed by atoms with Crippen molar-refractivity contribution in [1.82, 2.24) is 0 Å². The second-order valence-electron chi connectivity index (χ2n) is 1.82. The Bertz CT molecular complexity index is 120. The standard InChI is InChI=1S/C7H10OS/c1-2-9-7-5-3-4-6-8-7/h2,4,6-7H,1,3,5H2. The minimum Gasteiger partial charge on any atom is -0.487 e. The minimum atomic E-state index is 0.312. The smallest absolute Gasteiger partial charge is 0.147 e. The highest BCUT2D eigenvalue weighted by molar-refractivity contribution is 8.02. The maximum absolute atomic E-state index is 5.23. The second-order valence-corrected chi connectivity index (χ2v) is 2.95. The lowest BCUT2D eigenvalue weighted by Crippen LogP contribution is -2.05. The van der Waals surface area contributed by atoms with Gasteiger partial charge in [-0.05, 0) is 24.3 Å². The van der Waals surface area contributed by atoms with Gasteiger partial charge in [-0.3, -0.25) is 0 Å². The van der Waals surface area contributed by atoms with Crippen LogP contribution in [-0.4, -0.2) is 5.44 Å². The molecular formula is C7H10OS. The van der Waals surface area contributed by atoms with Crippen molar-refractivity contribution in [2.45, 2.75) is 18.3 Å². The summed E-state index contributed by atoms with van der Waals surface area (Å²) in [5.41, 5.74) is 0.312. The van der Waals surface area contributed by atoms with E-state index >= 15 is 0 Å². The van der Waals surface area contributed by atoms with Crippen molar-refractivity contribution >= 4 is 11.8 Å². The molecule has 1 atom stereocenters. The van der Waals surface area contributed by atoms with Crippen LogP contribution in [0.4, 0.5) is 0 Å². The first-order valence-electron chi connectivity index (χ1n) is 3.00. The van der Waals surface area contributed by atoms with Gasteiger partial charge in [-0.1, -0.05) is 18.3 Å². The highest BCUT2D eigenvalue weighted by Crippen LogP contribution is 2.21. The molecule has 0 spiro atoms. The first kappa shape index (κ1) is 6.75. The molecule has 0 saturated heterocycles. The van der Waals surface area contributed by atoms with Gasteiger partial charge in [-0.15, -0.1) is 0 Å². The van der Waals surface area contributed by atoms with Gasteiger partial charge in [0.25, 0.3) is 0 Å². The first-order chi connectivity index (χ1) is 4.43. The van der Waals surface area contributed by atoms with E-state index in [1.807, 2.05) is 11.5 Å². The van der Waals surface area contributed by atoms with Crippen LogP contribution in [-0.2, 0) is 4.74 Å². The van der Waals surface area contributed by atoms with Gasteiger partial charge in [0, 0.05) is 0 Å². The van der Waals surface area contributed by atoms with Crippen LogP contribution in [0.5, 0.6) is 0 Å². The molecule has 50 valence electrons. The van der Waals surface area contributed by atoms with Crippen LogP contribution >= 0.6 is 11.8 Å². The zero-order chi connectivity index (χ0) is 6.53. The van der Waals surface area contributed by atoms with Crippen LogP contribution in [0, 0.1) is 0 Å². The molecule has 9 heavy (non-hydrogen) atoms. The lowest BCUT2D eigenvalue weighted by atomic mass is 10.3. The van der Waals surface area contributed by atoms with Gasteiger partial charge in [0.15, 0.2) is 0 Å². The third kappa shape index (κ3) is 2.14. The number of hydrogen-bond donors (Lipinski definition) is 0. The van der Waals surface area contributed by atoms with Gasteiger partial charge in [0.05, 0.1) is 6.26 Å². The minimum absolute atomic E-state index is 0.312. The number of allylic oxidation sites excluding steroid dienone is 1. The largest absolute Gasteiger partial charge is 0.487 e. The van der Waals surface area contributed by atoms with E-state index in [1.54, 1.807) is 18.0 Å². The average Bonchev–Trinajstić information content (AvgIpc) is 1.91. The van der Waals surface area contributed by atoms with Crippen molar-refractivity contribution in [2.75, 3.05) is 0 Å². The van der Waals surface area contributed by atoms with Crippen LogP contribution < -0.4 is 0 Å². The second kappa shape index (κ2) is 3.62. The third-order valence-corrected chi connectivity index (χ3v) is 1.99. The molecule has 0 saturated carbocycles. The van der Waals surface area contributed by atoms with E-state index in [4.69, 9.17) is 4.74 Å². The van der Waals surface area contributed by atoms with Gasteiger partial charge in [0.1, 0.15) is 5.44 Å².